The van der Waals surface area contributed by atoms with Crippen molar-refractivity contribution in [1.82, 2.24) is 10.6 Å². The van der Waals surface area contributed by atoms with Crippen LogP contribution in [0, 0.1) is 5.92 Å². The van der Waals surface area contributed by atoms with E-state index in [0.29, 0.717) is 0 Å². The molecule has 2 nitrogen and oxygen atoms in total. The first-order valence-corrected chi connectivity index (χ1v) is 7.67. The van der Waals surface area contributed by atoms with Gasteiger partial charge in [0.05, 0.1) is 0 Å². The summed E-state index contributed by atoms with van der Waals surface area (Å²) in [6.45, 7) is 4.60. The topological polar surface area (TPSA) is 24.1 Å². The first-order chi connectivity index (χ1) is 7.86. The van der Waals surface area contributed by atoms with E-state index in [0.717, 1.165) is 19.0 Å². The largest absolute Gasteiger partial charge is 0.316 e. The van der Waals surface area contributed by atoms with Crippen LogP contribution < -0.4 is 10.6 Å². The summed E-state index contributed by atoms with van der Waals surface area (Å²) in [6.07, 6.45) is 4.04. The summed E-state index contributed by atoms with van der Waals surface area (Å²) in [5, 5.41) is 9.06. The first kappa shape index (κ1) is 12.6. The van der Waals surface area contributed by atoms with Gasteiger partial charge in [-0.3, -0.25) is 0 Å². The summed E-state index contributed by atoms with van der Waals surface area (Å²) >= 11 is 5.36. The van der Waals surface area contributed by atoms with Gasteiger partial charge in [-0.05, 0) is 72.2 Å². The van der Waals surface area contributed by atoms with Crippen molar-refractivity contribution in [3.05, 3.63) is 20.8 Å². The van der Waals surface area contributed by atoms with Gasteiger partial charge in [0.2, 0.25) is 0 Å². The second-order valence-electron chi connectivity index (χ2n) is 4.37. The van der Waals surface area contributed by atoms with Crippen LogP contribution in [0.3, 0.4) is 0 Å². The molecule has 0 amide bonds. The van der Waals surface area contributed by atoms with Crippen molar-refractivity contribution in [2.24, 2.45) is 5.92 Å². The molecule has 1 aromatic rings. The van der Waals surface area contributed by atoms with Crippen molar-refractivity contribution in [2.45, 2.75) is 25.8 Å². The SMILES string of the molecule is Brc1ccsc1CNCCCC1CCNC1. The lowest BCUT2D eigenvalue weighted by Crippen LogP contribution is -2.16. The summed E-state index contributed by atoms with van der Waals surface area (Å²) in [7, 11) is 0. The number of halogens is 1. The van der Waals surface area contributed by atoms with Gasteiger partial charge in [-0.2, -0.15) is 0 Å². The minimum atomic E-state index is 0.926. The molecule has 1 aliphatic heterocycles. The molecule has 0 bridgehead atoms. The molecular formula is C12H19BrN2S. The highest BCUT2D eigenvalue weighted by atomic mass is 79.9. The highest BCUT2D eigenvalue weighted by Crippen LogP contribution is 2.22. The molecule has 0 saturated carbocycles. The first-order valence-electron chi connectivity index (χ1n) is 5.99. The predicted molar refractivity (Wildman–Crippen MR) is 73.9 cm³/mol. The van der Waals surface area contributed by atoms with Crippen molar-refractivity contribution >= 4 is 27.3 Å². The molecule has 0 spiro atoms. The van der Waals surface area contributed by atoms with Gasteiger partial charge in [0.25, 0.3) is 0 Å². The van der Waals surface area contributed by atoms with E-state index in [1.54, 1.807) is 0 Å². The molecule has 0 aromatic carbocycles. The monoisotopic (exact) mass is 302 g/mol. The Hall–Kier alpha value is 0.1000. The van der Waals surface area contributed by atoms with Crippen molar-refractivity contribution in [3.8, 4) is 0 Å². The van der Waals surface area contributed by atoms with Gasteiger partial charge >= 0.3 is 0 Å². The smallest absolute Gasteiger partial charge is 0.0327 e. The van der Waals surface area contributed by atoms with Crippen molar-refractivity contribution in [3.63, 3.8) is 0 Å². The normalized spacial score (nSPS) is 20.4. The van der Waals surface area contributed by atoms with Crippen LogP contribution >= 0.6 is 27.3 Å². The van der Waals surface area contributed by atoms with Gasteiger partial charge in [0.1, 0.15) is 0 Å². The Morgan fingerprint density at radius 1 is 1.56 bits per heavy atom. The fourth-order valence-electron chi connectivity index (χ4n) is 2.13. The van der Waals surface area contributed by atoms with E-state index in [4.69, 9.17) is 0 Å². The molecule has 1 aliphatic rings. The standard InChI is InChI=1S/C12H19BrN2S/c13-11-4-7-16-12(11)9-14-5-1-2-10-3-6-15-8-10/h4,7,10,14-15H,1-3,5-6,8-9H2. The van der Waals surface area contributed by atoms with E-state index in [-0.39, 0.29) is 0 Å². The summed E-state index contributed by atoms with van der Waals surface area (Å²) in [5.41, 5.74) is 0. The maximum atomic E-state index is 3.55. The molecular weight excluding hydrogens is 284 g/mol. The predicted octanol–water partition coefficient (Wildman–Crippen LogP) is 2.99. The zero-order valence-electron chi connectivity index (χ0n) is 9.47. The van der Waals surface area contributed by atoms with Crippen molar-refractivity contribution < 1.29 is 0 Å². The lowest BCUT2D eigenvalue weighted by atomic mass is 10.0. The van der Waals surface area contributed by atoms with Crippen molar-refractivity contribution in [2.75, 3.05) is 19.6 Å². The maximum absolute atomic E-state index is 3.55. The summed E-state index contributed by atoms with van der Waals surface area (Å²) in [6, 6.07) is 2.12. The number of rotatable bonds is 6. The third-order valence-electron chi connectivity index (χ3n) is 3.10. The molecule has 90 valence electrons. The van der Waals surface area contributed by atoms with Gasteiger partial charge in [-0.1, -0.05) is 0 Å². The average Bonchev–Trinajstić information content (AvgIpc) is 2.90. The molecule has 0 radical (unpaired) electrons. The Kier molecular flexibility index (Phi) is 5.29. The van der Waals surface area contributed by atoms with Crippen LogP contribution in [0.5, 0.6) is 0 Å². The molecule has 2 N–H and O–H groups in total. The van der Waals surface area contributed by atoms with Crippen LogP contribution in [-0.2, 0) is 6.54 Å². The lowest BCUT2D eigenvalue weighted by Gasteiger charge is -2.08. The zero-order chi connectivity index (χ0) is 11.2. The summed E-state index contributed by atoms with van der Waals surface area (Å²) < 4.78 is 1.24. The fourth-order valence-corrected chi connectivity index (χ4v) is 3.59. The Morgan fingerprint density at radius 3 is 3.19 bits per heavy atom. The molecule has 2 heterocycles. The second kappa shape index (κ2) is 6.74. The van der Waals surface area contributed by atoms with Crippen LogP contribution in [0.2, 0.25) is 0 Å². The lowest BCUT2D eigenvalue weighted by molar-refractivity contribution is 0.493. The van der Waals surface area contributed by atoms with Crippen molar-refractivity contribution in [1.29, 1.82) is 0 Å². The van der Waals surface area contributed by atoms with E-state index in [2.05, 4.69) is 38.0 Å². The third kappa shape index (κ3) is 3.84. The Balaban J connectivity index is 1.53. The quantitative estimate of drug-likeness (QED) is 0.790. The molecule has 16 heavy (non-hydrogen) atoms. The zero-order valence-corrected chi connectivity index (χ0v) is 11.9. The minimum Gasteiger partial charge on any atom is -0.316 e. The van der Waals surface area contributed by atoms with E-state index in [1.165, 1.54) is 41.7 Å². The van der Waals surface area contributed by atoms with Gasteiger partial charge < -0.3 is 10.6 Å². The molecule has 1 unspecified atom stereocenters. The minimum absolute atomic E-state index is 0.926. The van der Waals surface area contributed by atoms with Crippen LogP contribution in [-0.4, -0.2) is 19.6 Å². The highest BCUT2D eigenvalue weighted by Gasteiger charge is 2.13. The van der Waals surface area contributed by atoms with E-state index >= 15 is 0 Å². The van der Waals surface area contributed by atoms with Gasteiger partial charge in [-0.15, -0.1) is 11.3 Å². The number of thiophene rings is 1. The Bertz CT molecular complexity index is 308. The average molecular weight is 303 g/mol. The molecule has 4 heteroatoms. The summed E-state index contributed by atoms with van der Waals surface area (Å²) in [5.74, 6) is 0.926. The highest BCUT2D eigenvalue weighted by molar-refractivity contribution is 9.10. The maximum Gasteiger partial charge on any atom is 0.0327 e. The number of hydrogen-bond donors (Lipinski definition) is 2. The van der Waals surface area contributed by atoms with E-state index in [1.807, 2.05) is 11.3 Å². The van der Waals surface area contributed by atoms with E-state index in [9.17, 15) is 0 Å². The molecule has 1 aromatic heterocycles. The Labute approximate surface area is 110 Å². The summed E-state index contributed by atoms with van der Waals surface area (Å²) in [4.78, 5) is 1.41. The van der Waals surface area contributed by atoms with Gasteiger partial charge in [-0.25, -0.2) is 0 Å². The van der Waals surface area contributed by atoms with Crippen LogP contribution in [0.25, 0.3) is 0 Å². The molecule has 1 fully saturated rings. The van der Waals surface area contributed by atoms with Crippen LogP contribution in [0.1, 0.15) is 24.1 Å². The van der Waals surface area contributed by atoms with E-state index < -0.39 is 0 Å². The second-order valence-corrected chi connectivity index (χ2v) is 6.22. The number of nitrogens with one attached hydrogen (secondary N) is 2. The van der Waals surface area contributed by atoms with Crippen LogP contribution in [0.4, 0.5) is 0 Å². The molecule has 0 aliphatic carbocycles. The molecule has 2 rings (SSSR count). The van der Waals surface area contributed by atoms with Gasteiger partial charge in [0, 0.05) is 15.9 Å². The Morgan fingerprint density at radius 2 is 2.50 bits per heavy atom. The molecule has 1 saturated heterocycles. The van der Waals surface area contributed by atoms with Gasteiger partial charge in [0.15, 0.2) is 0 Å². The van der Waals surface area contributed by atoms with Crippen LogP contribution in [0.15, 0.2) is 15.9 Å². The number of hydrogen-bond acceptors (Lipinski definition) is 3. The fraction of sp³-hybridized carbons (Fsp3) is 0.667. The molecule has 1 atom stereocenters. The third-order valence-corrected chi connectivity index (χ3v) is 5.03.